The fourth-order valence-electron chi connectivity index (χ4n) is 2.53. The number of nitrogens with zero attached hydrogens (tertiary/aromatic N) is 2. The van der Waals surface area contributed by atoms with E-state index in [0.29, 0.717) is 28.0 Å². The van der Waals surface area contributed by atoms with Gasteiger partial charge in [-0.3, -0.25) is 4.79 Å². The average Bonchev–Trinajstić information content (AvgIpc) is 2.97. The van der Waals surface area contributed by atoms with Gasteiger partial charge in [0.2, 0.25) is 5.88 Å². The maximum Gasteiger partial charge on any atom is 0.312 e. The molecule has 1 heterocycles. The molecule has 136 valence electrons. The number of halogens is 2. The van der Waals surface area contributed by atoms with Crippen LogP contribution in [0.2, 0.25) is 10.0 Å². The predicted octanol–water partition coefficient (Wildman–Crippen LogP) is 6.01. The molecule has 1 aromatic carbocycles. The molecule has 0 N–H and O–H groups in total. The zero-order valence-electron chi connectivity index (χ0n) is 14.7. The van der Waals surface area contributed by atoms with Gasteiger partial charge in [0.1, 0.15) is 0 Å². The summed E-state index contributed by atoms with van der Waals surface area (Å²) in [6.45, 7) is 4.22. The van der Waals surface area contributed by atoms with Crippen LogP contribution in [0, 0.1) is 0 Å². The number of carbonyl (C=O) groups excluding carboxylic acids is 1. The third-order valence-corrected chi connectivity index (χ3v) is 4.57. The van der Waals surface area contributed by atoms with E-state index in [1.165, 1.54) is 0 Å². The summed E-state index contributed by atoms with van der Waals surface area (Å²) in [5.41, 5.74) is 1.59. The summed E-state index contributed by atoms with van der Waals surface area (Å²) in [6, 6.07) is 7.04. The van der Waals surface area contributed by atoms with Gasteiger partial charge < -0.3 is 4.74 Å². The summed E-state index contributed by atoms with van der Waals surface area (Å²) >= 11 is 12.1. The number of carbonyl (C=O) groups is 1. The Morgan fingerprint density at radius 3 is 2.56 bits per heavy atom. The van der Waals surface area contributed by atoms with E-state index in [4.69, 9.17) is 27.9 Å². The maximum atomic E-state index is 12.1. The molecule has 0 atom stereocenters. The number of benzene rings is 1. The number of unbranched alkanes of at least 4 members (excludes halogenated alkanes) is 3. The van der Waals surface area contributed by atoms with Gasteiger partial charge in [0.15, 0.2) is 0 Å². The fourth-order valence-corrected chi connectivity index (χ4v) is 2.82. The zero-order valence-corrected chi connectivity index (χ0v) is 16.2. The second kappa shape index (κ2) is 9.83. The number of ether oxygens (including phenoxy) is 1. The molecule has 2 aromatic rings. The molecule has 0 saturated heterocycles. The third-order valence-electron chi connectivity index (χ3n) is 3.83. The van der Waals surface area contributed by atoms with Crippen molar-refractivity contribution < 1.29 is 9.53 Å². The van der Waals surface area contributed by atoms with Crippen molar-refractivity contribution in [1.82, 2.24) is 9.78 Å². The van der Waals surface area contributed by atoms with Crippen molar-refractivity contribution in [1.29, 1.82) is 0 Å². The van der Waals surface area contributed by atoms with Crippen LogP contribution < -0.4 is 4.74 Å². The minimum absolute atomic E-state index is 0.236. The van der Waals surface area contributed by atoms with Crippen LogP contribution in [0.4, 0.5) is 0 Å². The first-order chi connectivity index (χ1) is 12.0. The number of esters is 1. The molecule has 4 nitrogen and oxygen atoms in total. The molecule has 0 fully saturated rings. The molecule has 0 aliphatic carbocycles. The van der Waals surface area contributed by atoms with Crippen molar-refractivity contribution >= 4 is 29.2 Å². The van der Waals surface area contributed by atoms with Gasteiger partial charge in [-0.1, -0.05) is 62.7 Å². The molecule has 0 radical (unpaired) electrons. The lowest BCUT2D eigenvalue weighted by molar-refractivity contribution is -0.134. The monoisotopic (exact) mass is 382 g/mol. The Bertz CT molecular complexity index is 713. The van der Waals surface area contributed by atoms with E-state index in [1.54, 1.807) is 22.9 Å². The highest BCUT2D eigenvalue weighted by atomic mass is 35.5. The number of hydrogen-bond donors (Lipinski definition) is 0. The van der Waals surface area contributed by atoms with Crippen molar-refractivity contribution in [2.24, 2.45) is 0 Å². The van der Waals surface area contributed by atoms with Crippen LogP contribution in [0.1, 0.15) is 58.1 Å². The molecule has 0 spiro atoms. The summed E-state index contributed by atoms with van der Waals surface area (Å²) in [6.07, 6.45) is 6.34. The lowest BCUT2D eigenvalue weighted by Crippen LogP contribution is -2.11. The number of rotatable bonds is 9. The lowest BCUT2D eigenvalue weighted by Gasteiger charge is -2.09. The Hall–Kier alpha value is -1.52. The molecule has 0 aliphatic rings. The largest absolute Gasteiger partial charge is 0.407 e. The van der Waals surface area contributed by atoms with E-state index in [2.05, 4.69) is 18.9 Å². The number of aryl methyl sites for hydroxylation is 1. The summed E-state index contributed by atoms with van der Waals surface area (Å²) in [5, 5.41) is 5.45. The molecule has 0 aliphatic heterocycles. The second-order valence-corrected chi connectivity index (χ2v) is 6.83. The van der Waals surface area contributed by atoms with Crippen molar-refractivity contribution in [3.63, 3.8) is 0 Å². The van der Waals surface area contributed by atoms with Crippen LogP contribution in [0.3, 0.4) is 0 Å². The number of hydrogen-bond acceptors (Lipinski definition) is 3. The normalized spacial score (nSPS) is 10.9. The van der Waals surface area contributed by atoms with Gasteiger partial charge in [0, 0.05) is 12.5 Å². The van der Waals surface area contributed by atoms with Crippen LogP contribution >= 0.6 is 23.2 Å². The predicted molar refractivity (Wildman–Crippen MR) is 102 cm³/mol. The Balaban J connectivity index is 2.18. The highest BCUT2D eigenvalue weighted by Crippen LogP contribution is 2.27. The first-order valence-electron chi connectivity index (χ1n) is 8.80. The van der Waals surface area contributed by atoms with E-state index in [1.807, 2.05) is 6.07 Å². The molecule has 25 heavy (non-hydrogen) atoms. The maximum absolute atomic E-state index is 12.1. The highest BCUT2D eigenvalue weighted by Gasteiger charge is 2.15. The Kier molecular flexibility index (Phi) is 7.79. The first kappa shape index (κ1) is 19.8. The Labute approximate surface area is 159 Å². The van der Waals surface area contributed by atoms with Gasteiger partial charge in [-0.15, -0.1) is 0 Å². The fraction of sp³-hybridized carbons (Fsp3) is 0.474. The molecule has 0 unspecified atom stereocenters. The van der Waals surface area contributed by atoms with Gasteiger partial charge in [0.05, 0.1) is 21.4 Å². The van der Waals surface area contributed by atoms with Gasteiger partial charge in [-0.25, -0.2) is 4.68 Å². The molecule has 2 rings (SSSR count). The molecule has 0 bridgehead atoms. The van der Waals surface area contributed by atoms with E-state index in [-0.39, 0.29) is 5.97 Å². The van der Waals surface area contributed by atoms with Crippen LogP contribution in [-0.4, -0.2) is 15.7 Å². The van der Waals surface area contributed by atoms with E-state index >= 15 is 0 Å². The third kappa shape index (κ3) is 5.75. The van der Waals surface area contributed by atoms with Crippen molar-refractivity contribution in [2.45, 2.75) is 58.8 Å². The van der Waals surface area contributed by atoms with Crippen LogP contribution in [0.15, 0.2) is 24.3 Å². The van der Waals surface area contributed by atoms with E-state index < -0.39 is 0 Å². The van der Waals surface area contributed by atoms with Crippen molar-refractivity contribution in [2.75, 3.05) is 0 Å². The summed E-state index contributed by atoms with van der Waals surface area (Å²) in [7, 11) is 0. The summed E-state index contributed by atoms with van der Waals surface area (Å²) < 4.78 is 7.17. The average molecular weight is 383 g/mol. The van der Waals surface area contributed by atoms with Crippen LogP contribution in [0.25, 0.3) is 5.69 Å². The summed E-state index contributed by atoms with van der Waals surface area (Å²) in [4.78, 5) is 12.1. The quantitative estimate of drug-likeness (QED) is 0.394. The first-order valence-corrected chi connectivity index (χ1v) is 9.55. The number of aromatic nitrogens is 2. The second-order valence-electron chi connectivity index (χ2n) is 6.02. The minimum Gasteiger partial charge on any atom is -0.407 e. The topological polar surface area (TPSA) is 44.1 Å². The molecule has 1 aromatic heterocycles. The van der Waals surface area contributed by atoms with Gasteiger partial charge in [-0.2, -0.15) is 5.10 Å². The highest BCUT2D eigenvalue weighted by molar-refractivity contribution is 6.42. The molecular formula is C19H24Cl2N2O2. The van der Waals surface area contributed by atoms with Crippen LogP contribution in [-0.2, 0) is 11.2 Å². The van der Waals surface area contributed by atoms with E-state index in [0.717, 1.165) is 44.2 Å². The van der Waals surface area contributed by atoms with Crippen molar-refractivity contribution in [3.8, 4) is 11.6 Å². The standard InChI is InChI=1S/C19H24Cl2N2O2/c1-3-5-6-7-9-19(24)25-18-12-14(8-4-2)22-23(18)15-10-11-16(20)17(21)13-15/h10-13H,3-9H2,1-2H3. The molecule has 6 heteroatoms. The lowest BCUT2D eigenvalue weighted by atomic mass is 10.2. The van der Waals surface area contributed by atoms with E-state index in [9.17, 15) is 4.79 Å². The SMILES string of the molecule is CCCCCCC(=O)Oc1cc(CCC)nn1-c1ccc(Cl)c(Cl)c1. The summed E-state index contributed by atoms with van der Waals surface area (Å²) in [5.74, 6) is 0.183. The molecular weight excluding hydrogens is 359 g/mol. The Morgan fingerprint density at radius 2 is 1.88 bits per heavy atom. The smallest absolute Gasteiger partial charge is 0.312 e. The van der Waals surface area contributed by atoms with Gasteiger partial charge in [0.25, 0.3) is 0 Å². The van der Waals surface area contributed by atoms with Gasteiger partial charge in [-0.05, 0) is 31.0 Å². The molecule has 0 saturated carbocycles. The zero-order chi connectivity index (χ0) is 18.2. The van der Waals surface area contributed by atoms with Crippen LogP contribution in [0.5, 0.6) is 5.88 Å². The van der Waals surface area contributed by atoms with Crippen molar-refractivity contribution in [3.05, 3.63) is 40.0 Å². The van der Waals surface area contributed by atoms with Gasteiger partial charge >= 0.3 is 5.97 Å². The minimum atomic E-state index is -0.236. The molecule has 0 amide bonds. The Morgan fingerprint density at radius 1 is 1.08 bits per heavy atom.